The van der Waals surface area contributed by atoms with Gasteiger partial charge in [0.15, 0.2) is 0 Å². The van der Waals surface area contributed by atoms with E-state index in [0.717, 1.165) is 24.3 Å². The molecule has 0 aliphatic carbocycles. The fraction of sp³-hybridized carbons (Fsp3) is 0.500. The van der Waals surface area contributed by atoms with Gasteiger partial charge in [-0.15, -0.1) is 0 Å². The molecule has 1 fully saturated rings. The molecule has 0 radical (unpaired) electrons. The van der Waals surface area contributed by atoms with Crippen LogP contribution in [0.4, 0.5) is 5.69 Å². The lowest BCUT2D eigenvalue weighted by molar-refractivity contribution is -0.140. The fourth-order valence-corrected chi connectivity index (χ4v) is 2.69. The summed E-state index contributed by atoms with van der Waals surface area (Å²) in [6, 6.07) is 7.05. The van der Waals surface area contributed by atoms with Gasteiger partial charge in [-0.1, -0.05) is 0 Å². The van der Waals surface area contributed by atoms with Crippen molar-refractivity contribution in [3.05, 3.63) is 24.3 Å². The summed E-state index contributed by atoms with van der Waals surface area (Å²) in [5, 5.41) is 0. The Hall–Kier alpha value is -2.04. The van der Waals surface area contributed by atoms with E-state index in [1.807, 2.05) is 31.2 Å². The summed E-state index contributed by atoms with van der Waals surface area (Å²) in [7, 11) is 3.33. The average molecular weight is 290 g/mol. The summed E-state index contributed by atoms with van der Waals surface area (Å²) in [4.78, 5) is 27.8. The highest BCUT2D eigenvalue weighted by molar-refractivity contribution is 5.99. The quantitative estimate of drug-likeness (QED) is 0.853. The number of rotatable bonds is 4. The first kappa shape index (κ1) is 15.4. The lowest BCUT2D eigenvalue weighted by Gasteiger charge is -2.35. The maximum atomic E-state index is 12.7. The molecule has 1 aromatic carbocycles. The first-order chi connectivity index (χ1) is 10.1. The van der Waals surface area contributed by atoms with Crippen LogP contribution in [0.2, 0.25) is 0 Å². The second-order valence-corrected chi connectivity index (χ2v) is 5.19. The number of benzene rings is 1. The number of carbonyl (C=O) groups is 2. The van der Waals surface area contributed by atoms with Crippen LogP contribution in [0.5, 0.6) is 5.75 Å². The number of likely N-dealkylation sites (N-methyl/N-ethyl adjacent to an activating group) is 2. The zero-order valence-corrected chi connectivity index (χ0v) is 12.8. The van der Waals surface area contributed by atoms with Crippen molar-refractivity contribution in [3.8, 4) is 5.75 Å². The molecule has 1 atom stereocenters. The van der Waals surface area contributed by atoms with Crippen LogP contribution in [0.15, 0.2) is 24.3 Å². The first-order valence-corrected chi connectivity index (χ1v) is 7.29. The Kier molecular flexibility index (Phi) is 4.83. The average Bonchev–Trinajstić information content (AvgIpc) is 2.51. The summed E-state index contributed by atoms with van der Waals surface area (Å²) in [5.41, 5.74) is 0.828. The van der Waals surface area contributed by atoms with E-state index in [9.17, 15) is 9.59 Å². The predicted molar refractivity (Wildman–Crippen MR) is 81.4 cm³/mol. The SMILES string of the molecule is CCN(C(=O)C1CCCC(=O)N1C)c1ccc(OC)cc1. The zero-order chi connectivity index (χ0) is 15.4. The maximum absolute atomic E-state index is 12.7. The van der Waals surface area contributed by atoms with Gasteiger partial charge in [0.2, 0.25) is 11.8 Å². The van der Waals surface area contributed by atoms with Crippen molar-refractivity contribution in [1.82, 2.24) is 4.90 Å². The summed E-state index contributed by atoms with van der Waals surface area (Å²) in [6.07, 6.45) is 2.04. The van der Waals surface area contributed by atoms with Crippen LogP contribution in [0.3, 0.4) is 0 Å². The van der Waals surface area contributed by atoms with Gasteiger partial charge in [0, 0.05) is 25.7 Å². The van der Waals surface area contributed by atoms with Crippen LogP contribution >= 0.6 is 0 Å². The van der Waals surface area contributed by atoms with Gasteiger partial charge in [-0.05, 0) is 44.0 Å². The van der Waals surface area contributed by atoms with Crippen molar-refractivity contribution < 1.29 is 14.3 Å². The van der Waals surface area contributed by atoms with E-state index in [2.05, 4.69) is 0 Å². The highest BCUT2D eigenvalue weighted by Crippen LogP contribution is 2.23. The van der Waals surface area contributed by atoms with E-state index >= 15 is 0 Å². The number of piperidine rings is 1. The Morgan fingerprint density at radius 1 is 1.38 bits per heavy atom. The van der Waals surface area contributed by atoms with Gasteiger partial charge >= 0.3 is 0 Å². The van der Waals surface area contributed by atoms with Crippen LogP contribution in [0.1, 0.15) is 26.2 Å². The number of amides is 2. The summed E-state index contributed by atoms with van der Waals surface area (Å²) in [6.45, 7) is 2.51. The molecule has 2 rings (SSSR count). The first-order valence-electron chi connectivity index (χ1n) is 7.29. The molecule has 0 spiro atoms. The predicted octanol–water partition coefficient (Wildman–Crippen LogP) is 2.06. The van der Waals surface area contributed by atoms with E-state index in [0.29, 0.717) is 13.0 Å². The second kappa shape index (κ2) is 6.61. The molecule has 1 unspecified atom stereocenters. The van der Waals surface area contributed by atoms with Crippen LogP contribution in [-0.2, 0) is 9.59 Å². The standard InChI is InChI=1S/C16H22N2O3/c1-4-18(12-8-10-13(21-3)11-9-12)16(20)14-6-5-7-15(19)17(14)2/h8-11,14H,4-7H2,1-3H3. The van der Waals surface area contributed by atoms with Crippen LogP contribution in [0, 0.1) is 0 Å². The third-order valence-corrected chi connectivity index (χ3v) is 3.98. The van der Waals surface area contributed by atoms with Crippen molar-refractivity contribution in [2.24, 2.45) is 0 Å². The third-order valence-electron chi connectivity index (χ3n) is 3.98. The van der Waals surface area contributed by atoms with E-state index in [4.69, 9.17) is 4.74 Å². The Morgan fingerprint density at radius 2 is 2.05 bits per heavy atom. The number of anilines is 1. The van der Waals surface area contributed by atoms with Gasteiger partial charge in [0.05, 0.1) is 7.11 Å². The number of methoxy groups -OCH3 is 1. The van der Waals surface area contributed by atoms with Gasteiger partial charge < -0.3 is 14.5 Å². The Labute approximate surface area is 125 Å². The molecule has 2 amide bonds. The molecule has 21 heavy (non-hydrogen) atoms. The molecule has 5 heteroatoms. The minimum Gasteiger partial charge on any atom is -0.497 e. The molecular formula is C16H22N2O3. The molecule has 0 bridgehead atoms. The molecule has 0 aromatic heterocycles. The number of likely N-dealkylation sites (tertiary alicyclic amines) is 1. The van der Waals surface area contributed by atoms with Gasteiger partial charge in [-0.2, -0.15) is 0 Å². The molecule has 0 saturated carbocycles. The van der Waals surface area contributed by atoms with Crippen molar-refractivity contribution in [3.63, 3.8) is 0 Å². The third kappa shape index (κ3) is 3.17. The van der Waals surface area contributed by atoms with Crippen molar-refractivity contribution >= 4 is 17.5 Å². The lowest BCUT2D eigenvalue weighted by atomic mass is 10.0. The van der Waals surface area contributed by atoms with Gasteiger partial charge in [-0.3, -0.25) is 9.59 Å². The molecule has 1 saturated heterocycles. The zero-order valence-electron chi connectivity index (χ0n) is 12.8. The number of ether oxygens (including phenoxy) is 1. The molecule has 1 aliphatic rings. The number of hydrogen-bond donors (Lipinski definition) is 0. The summed E-state index contributed by atoms with van der Waals surface area (Å²) >= 11 is 0. The van der Waals surface area contributed by atoms with Crippen molar-refractivity contribution in [1.29, 1.82) is 0 Å². The van der Waals surface area contributed by atoms with Crippen molar-refractivity contribution in [2.45, 2.75) is 32.2 Å². The Morgan fingerprint density at radius 3 is 2.62 bits per heavy atom. The maximum Gasteiger partial charge on any atom is 0.249 e. The number of hydrogen-bond acceptors (Lipinski definition) is 3. The minimum atomic E-state index is -0.353. The van der Waals surface area contributed by atoms with Crippen LogP contribution in [-0.4, -0.2) is 43.5 Å². The molecule has 114 valence electrons. The van der Waals surface area contributed by atoms with Gasteiger partial charge in [0.1, 0.15) is 11.8 Å². The fourth-order valence-electron chi connectivity index (χ4n) is 2.69. The molecule has 5 nitrogen and oxygen atoms in total. The van der Waals surface area contributed by atoms with E-state index in [1.54, 1.807) is 24.0 Å². The summed E-state index contributed by atoms with van der Waals surface area (Å²) in [5.74, 6) is 0.788. The topological polar surface area (TPSA) is 49.9 Å². The van der Waals surface area contributed by atoms with E-state index < -0.39 is 0 Å². The molecule has 1 heterocycles. The van der Waals surface area contributed by atoms with Gasteiger partial charge in [0.25, 0.3) is 0 Å². The number of carbonyl (C=O) groups excluding carboxylic acids is 2. The van der Waals surface area contributed by atoms with E-state index in [-0.39, 0.29) is 17.9 Å². The number of nitrogens with zero attached hydrogens (tertiary/aromatic N) is 2. The molecule has 0 N–H and O–H groups in total. The second-order valence-electron chi connectivity index (χ2n) is 5.19. The van der Waals surface area contributed by atoms with E-state index in [1.165, 1.54) is 0 Å². The van der Waals surface area contributed by atoms with Gasteiger partial charge in [-0.25, -0.2) is 0 Å². The highest BCUT2D eigenvalue weighted by Gasteiger charge is 2.33. The van der Waals surface area contributed by atoms with Crippen molar-refractivity contribution in [2.75, 3.05) is 25.6 Å². The highest BCUT2D eigenvalue weighted by atomic mass is 16.5. The lowest BCUT2D eigenvalue weighted by Crippen LogP contribution is -2.51. The minimum absolute atomic E-state index is 0.0155. The largest absolute Gasteiger partial charge is 0.497 e. The Balaban J connectivity index is 2.19. The Bertz CT molecular complexity index is 513. The monoisotopic (exact) mass is 290 g/mol. The molecular weight excluding hydrogens is 268 g/mol. The van der Waals surface area contributed by atoms with Crippen LogP contribution < -0.4 is 9.64 Å². The molecule has 1 aromatic rings. The summed E-state index contributed by atoms with van der Waals surface area (Å²) < 4.78 is 5.13. The molecule has 1 aliphatic heterocycles. The smallest absolute Gasteiger partial charge is 0.249 e. The normalized spacial score (nSPS) is 18.5. The van der Waals surface area contributed by atoms with Crippen LogP contribution in [0.25, 0.3) is 0 Å².